The maximum Gasteiger partial charge on any atom is 0.214 e. The van der Waals surface area contributed by atoms with Crippen molar-refractivity contribution in [2.24, 2.45) is 5.92 Å². The van der Waals surface area contributed by atoms with Crippen molar-refractivity contribution in [2.75, 3.05) is 19.0 Å². The van der Waals surface area contributed by atoms with Gasteiger partial charge in [0.05, 0.1) is 7.11 Å². The molecule has 4 nitrogen and oxygen atoms in total. The molecule has 2 atom stereocenters. The second kappa shape index (κ2) is 5.56. The van der Waals surface area contributed by atoms with E-state index < -0.39 is 0 Å². The second-order valence-corrected chi connectivity index (χ2v) is 3.68. The van der Waals surface area contributed by atoms with Gasteiger partial charge in [-0.15, -0.1) is 0 Å². The van der Waals surface area contributed by atoms with Crippen molar-refractivity contribution in [1.82, 2.24) is 4.98 Å². The molecule has 0 fully saturated rings. The van der Waals surface area contributed by atoms with Gasteiger partial charge in [0.25, 0.3) is 0 Å². The van der Waals surface area contributed by atoms with Gasteiger partial charge in [-0.3, -0.25) is 0 Å². The Hall–Kier alpha value is -1.29. The first-order chi connectivity index (χ1) is 7.17. The number of nitrogens with zero attached hydrogens (tertiary/aromatic N) is 1. The number of pyridine rings is 1. The molecule has 0 amide bonds. The highest BCUT2D eigenvalue weighted by Crippen LogP contribution is 2.16. The van der Waals surface area contributed by atoms with Gasteiger partial charge in [0, 0.05) is 30.6 Å². The molecule has 15 heavy (non-hydrogen) atoms. The third-order valence-corrected chi connectivity index (χ3v) is 2.48. The lowest BCUT2D eigenvalue weighted by Gasteiger charge is -2.20. The highest BCUT2D eigenvalue weighted by Gasteiger charge is 2.10. The minimum Gasteiger partial charge on any atom is -0.481 e. The molecule has 2 unspecified atom stereocenters. The molecule has 0 saturated heterocycles. The van der Waals surface area contributed by atoms with Crippen molar-refractivity contribution in [3.8, 4) is 5.88 Å². The number of hydrogen-bond donors (Lipinski definition) is 2. The molecule has 0 aliphatic rings. The fourth-order valence-corrected chi connectivity index (χ4v) is 1.17. The molecule has 0 saturated carbocycles. The number of anilines is 1. The number of aliphatic hydroxyl groups is 1. The zero-order chi connectivity index (χ0) is 11.3. The Balaban J connectivity index is 2.63. The lowest BCUT2D eigenvalue weighted by atomic mass is 10.1. The molecule has 0 aromatic carbocycles. The second-order valence-electron chi connectivity index (χ2n) is 3.68. The summed E-state index contributed by atoms with van der Waals surface area (Å²) in [6, 6.07) is 3.92. The number of methoxy groups -OCH3 is 1. The van der Waals surface area contributed by atoms with Crippen LogP contribution in [0.25, 0.3) is 0 Å². The van der Waals surface area contributed by atoms with Crippen molar-refractivity contribution in [2.45, 2.75) is 19.9 Å². The quantitative estimate of drug-likeness (QED) is 0.773. The van der Waals surface area contributed by atoms with Crippen LogP contribution in [0.5, 0.6) is 5.88 Å². The van der Waals surface area contributed by atoms with Crippen LogP contribution in [0.3, 0.4) is 0 Å². The van der Waals surface area contributed by atoms with Crippen LogP contribution in [-0.4, -0.2) is 29.8 Å². The lowest BCUT2D eigenvalue weighted by Crippen LogP contribution is -2.26. The first kappa shape index (κ1) is 11.8. The molecule has 4 heteroatoms. The van der Waals surface area contributed by atoms with Crippen molar-refractivity contribution >= 4 is 5.69 Å². The van der Waals surface area contributed by atoms with Crippen molar-refractivity contribution in [1.29, 1.82) is 0 Å². The zero-order valence-electron chi connectivity index (χ0n) is 9.40. The van der Waals surface area contributed by atoms with Crippen molar-refractivity contribution in [3.63, 3.8) is 0 Å². The van der Waals surface area contributed by atoms with Gasteiger partial charge in [0.1, 0.15) is 0 Å². The predicted octanol–water partition coefficient (Wildman–Crippen LogP) is 1.52. The molecule has 1 aromatic rings. The smallest absolute Gasteiger partial charge is 0.214 e. The SMILES string of the molecule is COc1cc(NC(C)C(C)CO)ccn1. The first-order valence-electron chi connectivity index (χ1n) is 5.04. The van der Waals surface area contributed by atoms with Crippen molar-refractivity contribution < 1.29 is 9.84 Å². The van der Waals surface area contributed by atoms with Gasteiger partial charge in [-0.25, -0.2) is 4.98 Å². The maximum atomic E-state index is 9.01. The Bertz CT molecular complexity index is 304. The van der Waals surface area contributed by atoms with E-state index >= 15 is 0 Å². The minimum absolute atomic E-state index is 0.177. The van der Waals surface area contributed by atoms with Gasteiger partial charge in [-0.1, -0.05) is 6.92 Å². The van der Waals surface area contributed by atoms with Crippen LogP contribution in [0, 0.1) is 5.92 Å². The number of rotatable bonds is 5. The number of ether oxygens (including phenoxy) is 1. The van der Waals surface area contributed by atoms with Crippen LogP contribution in [0.2, 0.25) is 0 Å². The Labute approximate surface area is 90.3 Å². The van der Waals surface area contributed by atoms with E-state index in [4.69, 9.17) is 9.84 Å². The van der Waals surface area contributed by atoms with E-state index in [0.717, 1.165) is 5.69 Å². The molecule has 0 spiro atoms. The fraction of sp³-hybridized carbons (Fsp3) is 0.545. The Morgan fingerprint density at radius 2 is 2.27 bits per heavy atom. The third kappa shape index (κ3) is 3.40. The highest BCUT2D eigenvalue weighted by atomic mass is 16.5. The highest BCUT2D eigenvalue weighted by molar-refractivity contribution is 5.45. The van der Waals surface area contributed by atoms with E-state index in [9.17, 15) is 0 Å². The summed E-state index contributed by atoms with van der Waals surface area (Å²) in [5.41, 5.74) is 0.953. The van der Waals surface area contributed by atoms with E-state index in [0.29, 0.717) is 5.88 Å². The van der Waals surface area contributed by atoms with Crippen LogP contribution < -0.4 is 10.1 Å². The summed E-state index contributed by atoms with van der Waals surface area (Å²) >= 11 is 0. The summed E-state index contributed by atoms with van der Waals surface area (Å²) in [5, 5.41) is 12.3. The molecule has 1 aromatic heterocycles. The molecule has 0 aliphatic carbocycles. The van der Waals surface area contributed by atoms with E-state index in [2.05, 4.69) is 10.3 Å². The molecule has 1 rings (SSSR count). The van der Waals surface area contributed by atoms with Gasteiger partial charge in [-0.2, -0.15) is 0 Å². The normalized spacial score (nSPS) is 14.4. The van der Waals surface area contributed by atoms with Gasteiger partial charge in [0.15, 0.2) is 0 Å². The summed E-state index contributed by atoms with van der Waals surface area (Å²) in [6.45, 7) is 4.21. The zero-order valence-corrected chi connectivity index (χ0v) is 9.40. The number of hydrogen-bond acceptors (Lipinski definition) is 4. The molecule has 2 N–H and O–H groups in total. The minimum atomic E-state index is 0.177. The van der Waals surface area contributed by atoms with Crippen LogP contribution in [0.1, 0.15) is 13.8 Å². The lowest BCUT2D eigenvalue weighted by molar-refractivity contribution is 0.226. The Kier molecular flexibility index (Phi) is 4.37. The van der Waals surface area contributed by atoms with Gasteiger partial charge < -0.3 is 15.2 Å². The standard InChI is InChI=1S/C11H18N2O2/c1-8(7-14)9(2)13-10-4-5-12-11(6-10)15-3/h4-6,8-9,14H,7H2,1-3H3,(H,12,13). The van der Waals surface area contributed by atoms with Crippen LogP contribution in [-0.2, 0) is 0 Å². The summed E-state index contributed by atoms with van der Waals surface area (Å²) in [4.78, 5) is 4.02. The molecule has 0 radical (unpaired) electrons. The van der Waals surface area contributed by atoms with E-state index in [1.54, 1.807) is 13.3 Å². The first-order valence-corrected chi connectivity index (χ1v) is 5.04. The monoisotopic (exact) mass is 210 g/mol. The van der Waals surface area contributed by atoms with Crippen LogP contribution >= 0.6 is 0 Å². The summed E-state index contributed by atoms with van der Waals surface area (Å²) in [5.74, 6) is 0.799. The molecular weight excluding hydrogens is 192 g/mol. The Morgan fingerprint density at radius 3 is 2.87 bits per heavy atom. The summed E-state index contributed by atoms with van der Waals surface area (Å²) in [6.07, 6.45) is 1.69. The molecule has 84 valence electrons. The van der Waals surface area contributed by atoms with Gasteiger partial charge in [0.2, 0.25) is 5.88 Å². The van der Waals surface area contributed by atoms with Crippen LogP contribution in [0.4, 0.5) is 5.69 Å². The molecular formula is C11H18N2O2. The van der Waals surface area contributed by atoms with E-state index in [1.807, 2.05) is 26.0 Å². The molecule has 0 aliphatic heterocycles. The largest absolute Gasteiger partial charge is 0.481 e. The van der Waals surface area contributed by atoms with Gasteiger partial charge >= 0.3 is 0 Å². The third-order valence-electron chi connectivity index (χ3n) is 2.48. The number of aliphatic hydroxyl groups excluding tert-OH is 1. The summed E-state index contributed by atoms with van der Waals surface area (Å²) in [7, 11) is 1.59. The Morgan fingerprint density at radius 1 is 1.53 bits per heavy atom. The topological polar surface area (TPSA) is 54.4 Å². The predicted molar refractivity (Wildman–Crippen MR) is 60.1 cm³/mol. The van der Waals surface area contributed by atoms with E-state index in [-0.39, 0.29) is 18.6 Å². The average molecular weight is 210 g/mol. The maximum absolute atomic E-state index is 9.01. The average Bonchev–Trinajstić information content (AvgIpc) is 2.28. The van der Waals surface area contributed by atoms with Crippen molar-refractivity contribution in [3.05, 3.63) is 18.3 Å². The summed E-state index contributed by atoms with van der Waals surface area (Å²) < 4.78 is 5.02. The number of nitrogens with one attached hydrogen (secondary N) is 1. The van der Waals surface area contributed by atoms with Gasteiger partial charge in [-0.05, 0) is 18.9 Å². The number of aromatic nitrogens is 1. The fourth-order valence-electron chi connectivity index (χ4n) is 1.17. The molecule has 0 bridgehead atoms. The van der Waals surface area contributed by atoms with E-state index in [1.165, 1.54) is 0 Å². The van der Waals surface area contributed by atoms with Crippen LogP contribution in [0.15, 0.2) is 18.3 Å². The molecule has 1 heterocycles.